The van der Waals surface area contributed by atoms with Crippen molar-refractivity contribution in [1.29, 1.82) is 0 Å². The Hall–Kier alpha value is -0.810. The minimum absolute atomic E-state index is 0.265. The first-order valence-electron chi connectivity index (χ1n) is 6.37. The first kappa shape index (κ1) is 14.3. The van der Waals surface area contributed by atoms with Gasteiger partial charge in [0.15, 0.2) is 0 Å². The van der Waals surface area contributed by atoms with Crippen LogP contribution in [0.1, 0.15) is 27.2 Å². The summed E-state index contributed by atoms with van der Waals surface area (Å²) >= 11 is 0. The van der Waals surface area contributed by atoms with Gasteiger partial charge in [0.25, 0.3) is 0 Å². The number of nitrogens with one attached hydrogen (secondary N) is 1. The first-order chi connectivity index (χ1) is 8.08. The van der Waals surface area contributed by atoms with E-state index in [4.69, 9.17) is 10.6 Å². The predicted molar refractivity (Wildman–Crippen MR) is 70.6 cm³/mol. The number of nitrogens with two attached hydrogens (primary N) is 1. The molecule has 1 fully saturated rings. The van der Waals surface area contributed by atoms with Crippen molar-refractivity contribution in [1.82, 2.24) is 10.3 Å². The quantitative estimate of drug-likeness (QED) is 0.333. The van der Waals surface area contributed by atoms with Gasteiger partial charge in [-0.3, -0.25) is 10.4 Å². The smallest absolute Gasteiger partial charge is 0.208 e. The number of piperidine rings is 1. The van der Waals surface area contributed by atoms with Crippen LogP contribution in [0.3, 0.4) is 0 Å². The van der Waals surface area contributed by atoms with Crippen LogP contribution in [0.25, 0.3) is 0 Å². The highest BCUT2D eigenvalue weighted by Crippen LogP contribution is 2.19. The molecule has 17 heavy (non-hydrogen) atoms. The monoisotopic (exact) mass is 242 g/mol. The van der Waals surface area contributed by atoms with Crippen molar-refractivity contribution in [3.63, 3.8) is 0 Å². The Morgan fingerprint density at radius 1 is 1.59 bits per heavy atom. The van der Waals surface area contributed by atoms with Gasteiger partial charge in [-0.05, 0) is 18.3 Å². The molecule has 0 aromatic rings. The predicted octanol–water partition coefficient (Wildman–Crippen LogP) is 0.819. The summed E-state index contributed by atoms with van der Waals surface area (Å²) in [7, 11) is 1.77. The molecule has 0 radical (unpaired) electrons. The number of hydrogen-bond donors (Lipinski definition) is 2. The second-order valence-corrected chi connectivity index (χ2v) is 5.19. The summed E-state index contributed by atoms with van der Waals surface area (Å²) in [5, 5.41) is 0. The molecule has 5 nitrogen and oxygen atoms in total. The van der Waals surface area contributed by atoms with Crippen LogP contribution in [-0.4, -0.2) is 43.7 Å². The van der Waals surface area contributed by atoms with Crippen molar-refractivity contribution in [3.05, 3.63) is 0 Å². The molecule has 1 saturated heterocycles. The van der Waals surface area contributed by atoms with Gasteiger partial charge >= 0.3 is 0 Å². The SMILES string of the molecule is COC1CN(C(=NCC(C)C)NN)CCC1C. The molecule has 0 amide bonds. The third-order valence-electron chi connectivity index (χ3n) is 3.23. The highest BCUT2D eigenvalue weighted by atomic mass is 16.5. The molecule has 0 aromatic heterocycles. The van der Waals surface area contributed by atoms with Crippen LogP contribution in [0.2, 0.25) is 0 Å². The number of hydrogen-bond acceptors (Lipinski definition) is 3. The number of hydrazine groups is 1. The van der Waals surface area contributed by atoms with E-state index in [-0.39, 0.29) is 6.10 Å². The van der Waals surface area contributed by atoms with Crippen molar-refractivity contribution >= 4 is 5.96 Å². The zero-order valence-electron chi connectivity index (χ0n) is 11.4. The highest BCUT2D eigenvalue weighted by molar-refractivity contribution is 5.79. The molecule has 1 aliphatic heterocycles. The summed E-state index contributed by atoms with van der Waals surface area (Å²) in [5.41, 5.74) is 2.71. The topological polar surface area (TPSA) is 62.9 Å². The largest absolute Gasteiger partial charge is 0.379 e. The zero-order chi connectivity index (χ0) is 12.8. The Kier molecular flexibility index (Phi) is 5.71. The van der Waals surface area contributed by atoms with Gasteiger partial charge in [-0.15, -0.1) is 0 Å². The third kappa shape index (κ3) is 4.16. The minimum atomic E-state index is 0.265. The maximum absolute atomic E-state index is 5.55. The normalized spacial score (nSPS) is 26.5. The van der Waals surface area contributed by atoms with Gasteiger partial charge in [-0.25, -0.2) is 5.84 Å². The van der Waals surface area contributed by atoms with Crippen LogP contribution < -0.4 is 11.3 Å². The molecule has 1 heterocycles. The van der Waals surface area contributed by atoms with Crippen molar-refractivity contribution < 1.29 is 4.74 Å². The first-order valence-corrected chi connectivity index (χ1v) is 6.37. The number of likely N-dealkylation sites (tertiary alicyclic amines) is 1. The molecule has 2 atom stereocenters. The van der Waals surface area contributed by atoms with Gasteiger partial charge in [-0.2, -0.15) is 0 Å². The van der Waals surface area contributed by atoms with Gasteiger partial charge in [0.2, 0.25) is 5.96 Å². The van der Waals surface area contributed by atoms with E-state index < -0.39 is 0 Å². The number of guanidine groups is 1. The molecule has 0 aliphatic carbocycles. The van der Waals surface area contributed by atoms with Gasteiger partial charge < -0.3 is 9.64 Å². The summed E-state index contributed by atoms with van der Waals surface area (Å²) < 4.78 is 5.49. The Labute approximate surface area is 104 Å². The second-order valence-electron chi connectivity index (χ2n) is 5.19. The summed E-state index contributed by atoms with van der Waals surface area (Å²) in [6, 6.07) is 0. The second kappa shape index (κ2) is 6.81. The van der Waals surface area contributed by atoms with Gasteiger partial charge in [0.1, 0.15) is 0 Å². The van der Waals surface area contributed by atoms with Crippen LogP contribution in [0.4, 0.5) is 0 Å². The lowest BCUT2D eigenvalue weighted by molar-refractivity contribution is 0.0139. The average Bonchev–Trinajstić information content (AvgIpc) is 2.31. The van der Waals surface area contributed by atoms with E-state index in [0.29, 0.717) is 11.8 Å². The maximum atomic E-state index is 5.55. The average molecular weight is 242 g/mol. The number of methoxy groups -OCH3 is 1. The van der Waals surface area contributed by atoms with E-state index in [0.717, 1.165) is 32.0 Å². The lowest BCUT2D eigenvalue weighted by Gasteiger charge is -2.37. The maximum Gasteiger partial charge on any atom is 0.208 e. The van der Waals surface area contributed by atoms with E-state index >= 15 is 0 Å². The summed E-state index contributed by atoms with van der Waals surface area (Å²) in [5.74, 6) is 7.47. The lowest BCUT2D eigenvalue weighted by atomic mass is 9.96. The number of ether oxygens (including phenoxy) is 1. The van der Waals surface area contributed by atoms with Crippen LogP contribution >= 0.6 is 0 Å². The van der Waals surface area contributed by atoms with E-state index in [1.165, 1.54) is 0 Å². The number of rotatable bonds is 3. The van der Waals surface area contributed by atoms with Crippen molar-refractivity contribution in [2.45, 2.75) is 33.3 Å². The molecule has 1 rings (SSSR count). The summed E-state index contributed by atoms with van der Waals surface area (Å²) in [6.07, 6.45) is 1.38. The lowest BCUT2D eigenvalue weighted by Crippen LogP contribution is -2.52. The fraction of sp³-hybridized carbons (Fsp3) is 0.917. The molecular formula is C12H26N4O. The van der Waals surface area contributed by atoms with Crippen molar-refractivity contribution in [3.8, 4) is 0 Å². The van der Waals surface area contributed by atoms with Crippen LogP contribution in [0.15, 0.2) is 4.99 Å². The Morgan fingerprint density at radius 2 is 2.29 bits per heavy atom. The molecule has 100 valence electrons. The molecule has 0 spiro atoms. The molecule has 1 aliphatic rings. The van der Waals surface area contributed by atoms with Crippen molar-refractivity contribution in [2.75, 3.05) is 26.7 Å². The van der Waals surface area contributed by atoms with Crippen LogP contribution in [0.5, 0.6) is 0 Å². The minimum Gasteiger partial charge on any atom is -0.379 e. The van der Waals surface area contributed by atoms with E-state index in [2.05, 4.69) is 36.1 Å². The Balaban J connectivity index is 2.60. The molecule has 2 unspecified atom stereocenters. The standard InChI is InChI=1S/C12H26N4O/c1-9(2)7-14-12(15-13)16-6-5-10(3)11(8-16)17-4/h9-11H,5-8,13H2,1-4H3,(H,14,15). The Morgan fingerprint density at radius 3 is 2.82 bits per heavy atom. The fourth-order valence-corrected chi connectivity index (χ4v) is 2.04. The van der Waals surface area contributed by atoms with Crippen LogP contribution in [-0.2, 0) is 4.74 Å². The summed E-state index contributed by atoms with van der Waals surface area (Å²) in [6.45, 7) is 9.16. The third-order valence-corrected chi connectivity index (χ3v) is 3.23. The fourth-order valence-electron chi connectivity index (χ4n) is 2.04. The molecule has 5 heteroatoms. The van der Waals surface area contributed by atoms with E-state index in [1.807, 2.05) is 0 Å². The van der Waals surface area contributed by atoms with E-state index in [9.17, 15) is 0 Å². The number of nitrogens with zero attached hydrogens (tertiary/aromatic N) is 2. The molecular weight excluding hydrogens is 216 g/mol. The molecule has 0 saturated carbocycles. The van der Waals surface area contributed by atoms with Crippen molar-refractivity contribution in [2.24, 2.45) is 22.7 Å². The van der Waals surface area contributed by atoms with E-state index in [1.54, 1.807) is 7.11 Å². The van der Waals surface area contributed by atoms with Gasteiger partial charge in [0.05, 0.1) is 6.10 Å². The summed E-state index contributed by atoms with van der Waals surface area (Å²) in [4.78, 5) is 6.69. The van der Waals surface area contributed by atoms with Gasteiger partial charge in [-0.1, -0.05) is 20.8 Å². The molecule has 0 aromatic carbocycles. The Bertz CT molecular complexity index is 255. The zero-order valence-corrected chi connectivity index (χ0v) is 11.4. The van der Waals surface area contributed by atoms with Gasteiger partial charge in [0, 0.05) is 26.7 Å². The van der Waals surface area contributed by atoms with Crippen LogP contribution in [0, 0.1) is 11.8 Å². The molecule has 0 bridgehead atoms. The number of aliphatic imine (C=N–C) groups is 1. The highest BCUT2D eigenvalue weighted by Gasteiger charge is 2.27. The molecule has 3 N–H and O–H groups in total.